The predicted octanol–water partition coefficient (Wildman–Crippen LogP) is 4.94. The Morgan fingerprint density at radius 1 is 1.04 bits per heavy atom. The van der Waals surface area contributed by atoms with Gasteiger partial charge >= 0.3 is 0 Å². The zero-order chi connectivity index (χ0) is 20.1. The molecule has 3 rings (SSSR count). The largest absolute Gasteiger partial charge is 0.385 e. The normalized spacial score (nSPS) is 16.9. The highest BCUT2D eigenvalue weighted by Gasteiger charge is 2.17. The molecule has 0 fully saturated rings. The fraction of sp³-hybridized carbons (Fsp3) is 0.240. The highest BCUT2D eigenvalue weighted by molar-refractivity contribution is 6.32. The molecule has 28 heavy (non-hydrogen) atoms. The maximum atomic E-state index is 6.61. The molecule has 0 saturated heterocycles. The summed E-state index contributed by atoms with van der Waals surface area (Å²) < 4.78 is 0. The minimum absolute atomic E-state index is 0.763. The van der Waals surface area contributed by atoms with E-state index in [1.807, 2.05) is 18.2 Å². The molecular formula is C25H28ClN2+. The van der Waals surface area contributed by atoms with Crippen molar-refractivity contribution in [3.05, 3.63) is 93.6 Å². The molecule has 2 N–H and O–H groups in total. The van der Waals surface area contributed by atoms with Gasteiger partial charge in [0, 0.05) is 34.5 Å². The van der Waals surface area contributed by atoms with Crippen molar-refractivity contribution in [1.82, 2.24) is 0 Å². The van der Waals surface area contributed by atoms with Gasteiger partial charge in [-0.1, -0.05) is 35.9 Å². The number of anilines is 1. The van der Waals surface area contributed by atoms with Crippen molar-refractivity contribution < 1.29 is 4.99 Å². The molecule has 144 valence electrons. The van der Waals surface area contributed by atoms with Crippen molar-refractivity contribution in [1.29, 1.82) is 0 Å². The first kappa shape index (κ1) is 20.2. The van der Waals surface area contributed by atoms with E-state index in [0.29, 0.717) is 0 Å². The molecule has 3 heteroatoms. The summed E-state index contributed by atoms with van der Waals surface area (Å²) in [5, 5.41) is 4.18. The quantitative estimate of drug-likeness (QED) is 0.741. The number of hydrogen-bond acceptors (Lipinski definition) is 1. The van der Waals surface area contributed by atoms with E-state index in [-0.39, 0.29) is 0 Å². The molecule has 2 aromatic carbocycles. The summed E-state index contributed by atoms with van der Waals surface area (Å²) in [5.41, 5.74) is 9.34. The van der Waals surface area contributed by atoms with E-state index in [2.05, 4.69) is 80.5 Å². The summed E-state index contributed by atoms with van der Waals surface area (Å²) in [5.74, 6) is 0. The van der Waals surface area contributed by atoms with Gasteiger partial charge < -0.3 is 5.32 Å². The van der Waals surface area contributed by atoms with Gasteiger partial charge in [0.1, 0.15) is 6.54 Å². The van der Waals surface area contributed by atoms with Gasteiger partial charge in [-0.15, -0.1) is 0 Å². The number of hydrogen-bond donors (Lipinski definition) is 2. The fourth-order valence-corrected chi connectivity index (χ4v) is 3.79. The van der Waals surface area contributed by atoms with Crippen LogP contribution in [-0.4, -0.2) is 18.8 Å². The molecular weight excluding hydrogens is 364 g/mol. The van der Waals surface area contributed by atoms with E-state index in [0.717, 1.165) is 29.2 Å². The lowest BCUT2D eigenvalue weighted by molar-refractivity contribution is -0.451. The molecule has 0 saturated carbocycles. The van der Waals surface area contributed by atoms with E-state index in [4.69, 9.17) is 11.6 Å². The van der Waals surface area contributed by atoms with Gasteiger partial charge in [0.2, 0.25) is 5.71 Å². The van der Waals surface area contributed by atoms with Gasteiger partial charge in [0.15, 0.2) is 0 Å². The van der Waals surface area contributed by atoms with Crippen molar-refractivity contribution in [3.63, 3.8) is 0 Å². The van der Waals surface area contributed by atoms with E-state index in [1.54, 1.807) is 0 Å². The van der Waals surface area contributed by atoms with Crippen LogP contribution in [0.3, 0.4) is 0 Å². The SMILES string of the molecule is CCNc1ccc(C(=C2C=CC(=[NH+]CC)C(C)=C2)c2ccccc2Cl)cc1C. The average molecular weight is 392 g/mol. The van der Waals surface area contributed by atoms with Crippen LogP contribution in [0.2, 0.25) is 5.02 Å². The van der Waals surface area contributed by atoms with Gasteiger partial charge in [0.25, 0.3) is 0 Å². The van der Waals surface area contributed by atoms with Crippen LogP contribution in [0.15, 0.2) is 71.8 Å². The number of halogens is 1. The van der Waals surface area contributed by atoms with Gasteiger partial charge in [-0.2, -0.15) is 0 Å². The molecule has 0 amide bonds. The van der Waals surface area contributed by atoms with Crippen LogP contribution in [0.25, 0.3) is 5.57 Å². The maximum absolute atomic E-state index is 6.61. The molecule has 0 atom stereocenters. The lowest BCUT2D eigenvalue weighted by atomic mass is 9.88. The van der Waals surface area contributed by atoms with Gasteiger partial charge in [-0.25, -0.2) is 4.99 Å². The highest BCUT2D eigenvalue weighted by Crippen LogP contribution is 2.35. The molecule has 0 aromatic heterocycles. The Kier molecular flexibility index (Phi) is 6.53. The molecule has 0 bridgehead atoms. The van der Waals surface area contributed by atoms with Crippen molar-refractivity contribution in [2.24, 2.45) is 0 Å². The second-order valence-electron chi connectivity index (χ2n) is 6.97. The molecule has 1 aliphatic rings. The number of nitrogens with one attached hydrogen (secondary N) is 2. The zero-order valence-corrected chi connectivity index (χ0v) is 17.8. The van der Waals surface area contributed by atoms with Crippen LogP contribution in [0.1, 0.15) is 37.5 Å². The molecule has 0 spiro atoms. The summed E-state index contributed by atoms with van der Waals surface area (Å²) >= 11 is 6.61. The second kappa shape index (κ2) is 9.07. The molecule has 2 nitrogen and oxygen atoms in total. The summed E-state index contributed by atoms with van der Waals surface area (Å²) in [6.07, 6.45) is 6.58. The first-order chi connectivity index (χ1) is 13.5. The predicted molar refractivity (Wildman–Crippen MR) is 122 cm³/mol. The first-order valence-electron chi connectivity index (χ1n) is 9.86. The maximum Gasteiger partial charge on any atom is 0.201 e. The van der Waals surface area contributed by atoms with Crippen molar-refractivity contribution in [2.45, 2.75) is 27.7 Å². The monoisotopic (exact) mass is 391 g/mol. The average Bonchev–Trinajstić information content (AvgIpc) is 2.68. The Bertz CT molecular complexity index is 993. The van der Waals surface area contributed by atoms with Crippen LogP contribution >= 0.6 is 11.6 Å². The van der Waals surface area contributed by atoms with E-state index in [9.17, 15) is 0 Å². The number of aryl methyl sites for hydroxylation is 1. The summed E-state index contributed by atoms with van der Waals surface area (Å²) in [4.78, 5) is 3.42. The van der Waals surface area contributed by atoms with E-state index in [1.165, 1.54) is 33.7 Å². The smallest absolute Gasteiger partial charge is 0.201 e. The Morgan fingerprint density at radius 2 is 1.82 bits per heavy atom. The molecule has 0 radical (unpaired) electrons. The van der Waals surface area contributed by atoms with Crippen LogP contribution in [-0.2, 0) is 0 Å². The fourth-order valence-electron chi connectivity index (χ4n) is 3.56. The Hall–Kier alpha value is -2.58. The Balaban J connectivity index is 2.21. The van der Waals surface area contributed by atoms with E-state index < -0.39 is 0 Å². The third kappa shape index (κ3) is 4.28. The minimum Gasteiger partial charge on any atom is -0.385 e. The van der Waals surface area contributed by atoms with Crippen molar-refractivity contribution in [2.75, 3.05) is 18.4 Å². The van der Waals surface area contributed by atoms with Crippen LogP contribution in [0, 0.1) is 6.92 Å². The summed E-state index contributed by atoms with van der Waals surface area (Å²) in [6.45, 7) is 10.3. The molecule has 2 aromatic rings. The zero-order valence-electron chi connectivity index (χ0n) is 17.1. The molecule has 0 heterocycles. The Morgan fingerprint density at radius 3 is 2.46 bits per heavy atom. The molecule has 0 unspecified atom stereocenters. The first-order valence-corrected chi connectivity index (χ1v) is 10.2. The van der Waals surface area contributed by atoms with Gasteiger partial charge in [-0.3, -0.25) is 0 Å². The number of benzene rings is 2. The third-order valence-electron chi connectivity index (χ3n) is 4.91. The third-order valence-corrected chi connectivity index (χ3v) is 5.24. The van der Waals surface area contributed by atoms with Crippen LogP contribution in [0.4, 0.5) is 5.69 Å². The lowest BCUT2D eigenvalue weighted by Gasteiger charge is -2.17. The number of rotatable bonds is 5. The highest BCUT2D eigenvalue weighted by atomic mass is 35.5. The van der Waals surface area contributed by atoms with Gasteiger partial charge in [-0.05, 0) is 80.3 Å². The van der Waals surface area contributed by atoms with Gasteiger partial charge in [0.05, 0.1) is 0 Å². The minimum atomic E-state index is 0.763. The number of allylic oxidation sites excluding steroid dienone is 5. The van der Waals surface area contributed by atoms with Crippen molar-refractivity contribution >= 4 is 28.6 Å². The topological polar surface area (TPSA) is 26.0 Å². The van der Waals surface area contributed by atoms with Crippen LogP contribution < -0.4 is 10.3 Å². The molecule has 1 aliphatic carbocycles. The standard InChI is InChI=1S/C25H27ClN2/c1-5-27-23-13-11-19(15-17(23)3)25(21-9-7-8-10-22(21)26)20-12-14-24(28-6-2)18(4)16-20/h7-16,27H,5-6H2,1-4H3/p+1. The van der Waals surface area contributed by atoms with Crippen molar-refractivity contribution in [3.8, 4) is 0 Å². The molecule has 0 aliphatic heterocycles. The Labute approximate surface area is 173 Å². The van der Waals surface area contributed by atoms with Crippen LogP contribution in [0.5, 0.6) is 0 Å². The van der Waals surface area contributed by atoms with E-state index >= 15 is 0 Å². The summed E-state index contributed by atoms with van der Waals surface area (Å²) in [6, 6.07) is 14.6. The summed E-state index contributed by atoms with van der Waals surface area (Å²) in [7, 11) is 0. The lowest BCUT2D eigenvalue weighted by Crippen LogP contribution is -2.72. The second-order valence-corrected chi connectivity index (χ2v) is 7.38.